The van der Waals surface area contributed by atoms with E-state index in [2.05, 4.69) is 10.6 Å². The van der Waals surface area contributed by atoms with E-state index in [0.29, 0.717) is 10.7 Å². The third-order valence-corrected chi connectivity index (χ3v) is 4.11. The van der Waals surface area contributed by atoms with Crippen LogP contribution in [-0.2, 0) is 16.0 Å². The minimum atomic E-state index is -0.596. The monoisotopic (exact) mass is 358 g/mol. The van der Waals surface area contributed by atoms with Gasteiger partial charge >= 0.3 is 0 Å². The van der Waals surface area contributed by atoms with Crippen LogP contribution in [-0.4, -0.2) is 17.9 Å². The Hall–Kier alpha value is -2.33. The van der Waals surface area contributed by atoms with Crippen molar-refractivity contribution in [1.29, 1.82) is 0 Å². The smallest absolute Gasteiger partial charge is 0.247 e. The van der Waals surface area contributed by atoms with Gasteiger partial charge in [-0.1, -0.05) is 55.3 Å². The van der Waals surface area contributed by atoms with Crippen LogP contribution in [0.15, 0.2) is 48.5 Å². The summed E-state index contributed by atoms with van der Waals surface area (Å²) in [6.07, 6.45) is 0.207. The van der Waals surface area contributed by atoms with Crippen molar-refractivity contribution in [3.05, 3.63) is 64.7 Å². The van der Waals surface area contributed by atoms with Crippen molar-refractivity contribution in [3.8, 4) is 0 Å². The fraction of sp³-hybridized carbons (Fsp3) is 0.300. The fourth-order valence-electron chi connectivity index (χ4n) is 2.40. The highest BCUT2D eigenvalue weighted by atomic mass is 35.5. The number of carbonyl (C=O) groups is 2. The number of nitrogens with one attached hydrogen (secondary N) is 2. The Balaban J connectivity index is 1.99. The maximum atomic E-state index is 12.5. The Morgan fingerprint density at radius 3 is 2.16 bits per heavy atom. The van der Waals surface area contributed by atoms with Gasteiger partial charge in [0.15, 0.2) is 0 Å². The molecule has 2 rings (SSSR count). The summed E-state index contributed by atoms with van der Waals surface area (Å²) in [6, 6.07) is 14.1. The number of hydrogen-bond acceptors (Lipinski definition) is 2. The average molecular weight is 359 g/mol. The molecule has 0 aliphatic carbocycles. The summed E-state index contributed by atoms with van der Waals surface area (Å²) in [5, 5.41) is 6.31. The summed E-state index contributed by atoms with van der Waals surface area (Å²) >= 11 is 5.85. The summed E-state index contributed by atoms with van der Waals surface area (Å²) in [6.45, 7) is 5.80. The Bertz CT molecular complexity index is 724. The third kappa shape index (κ3) is 5.91. The molecule has 0 bridgehead atoms. The number of aryl methyl sites for hydroxylation is 1. The predicted octanol–water partition coefficient (Wildman–Crippen LogP) is 3.97. The summed E-state index contributed by atoms with van der Waals surface area (Å²) < 4.78 is 0. The molecule has 5 heteroatoms. The van der Waals surface area contributed by atoms with Gasteiger partial charge < -0.3 is 10.6 Å². The molecule has 1 atom stereocenters. The van der Waals surface area contributed by atoms with Gasteiger partial charge in [0.1, 0.15) is 6.04 Å². The Morgan fingerprint density at radius 1 is 1.00 bits per heavy atom. The molecule has 2 amide bonds. The van der Waals surface area contributed by atoms with Crippen molar-refractivity contribution in [3.63, 3.8) is 0 Å². The highest BCUT2D eigenvalue weighted by molar-refractivity contribution is 6.30. The molecule has 0 saturated carbocycles. The van der Waals surface area contributed by atoms with Gasteiger partial charge in [-0.25, -0.2) is 0 Å². The van der Waals surface area contributed by atoms with Gasteiger partial charge in [0.05, 0.1) is 6.42 Å². The highest BCUT2D eigenvalue weighted by Crippen LogP contribution is 2.13. The lowest BCUT2D eigenvalue weighted by molar-refractivity contribution is -0.127. The van der Waals surface area contributed by atoms with E-state index in [1.54, 1.807) is 24.3 Å². The first-order valence-corrected chi connectivity index (χ1v) is 8.64. The maximum absolute atomic E-state index is 12.5. The van der Waals surface area contributed by atoms with Crippen molar-refractivity contribution in [2.75, 3.05) is 5.32 Å². The van der Waals surface area contributed by atoms with Crippen molar-refractivity contribution < 1.29 is 9.59 Å². The van der Waals surface area contributed by atoms with Crippen LogP contribution in [0.4, 0.5) is 5.69 Å². The van der Waals surface area contributed by atoms with Crippen LogP contribution in [0.3, 0.4) is 0 Å². The lowest BCUT2D eigenvalue weighted by atomic mass is 10.0. The molecule has 0 aliphatic heterocycles. The first-order valence-electron chi connectivity index (χ1n) is 8.26. The molecule has 0 aliphatic rings. The number of benzene rings is 2. The number of halogens is 1. The van der Waals surface area contributed by atoms with E-state index in [9.17, 15) is 9.59 Å². The second-order valence-corrected chi connectivity index (χ2v) is 6.88. The third-order valence-electron chi connectivity index (χ3n) is 3.86. The van der Waals surface area contributed by atoms with E-state index in [1.165, 1.54) is 0 Å². The Morgan fingerprint density at radius 2 is 1.60 bits per heavy atom. The topological polar surface area (TPSA) is 58.2 Å². The normalized spacial score (nSPS) is 11.9. The molecule has 0 heterocycles. The quantitative estimate of drug-likeness (QED) is 0.820. The standard InChI is InChI=1S/C20H23ClN2O2/c1-13(2)19(20(25)22-17-10-4-14(3)5-11-17)23-18(24)12-15-6-8-16(21)9-7-15/h4-11,13,19H,12H2,1-3H3,(H,22,25)(H,23,24). The molecule has 1 unspecified atom stereocenters. The zero-order valence-electron chi connectivity index (χ0n) is 14.7. The molecule has 0 radical (unpaired) electrons. The van der Waals surface area contributed by atoms with Gasteiger partial charge in [-0.15, -0.1) is 0 Å². The molecular weight excluding hydrogens is 336 g/mol. The van der Waals surface area contributed by atoms with Crippen LogP contribution in [0.25, 0.3) is 0 Å². The minimum Gasteiger partial charge on any atom is -0.344 e. The maximum Gasteiger partial charge on any atom is 0.247 e. The average Bonchev–Trinajstić information content (AvgIpc) is 2.56. The SMILES string of the molecule is Cc1ccc(NC(=O)C(NC(=O)Cc2ccc(Cl)cc2)C(C)C)cc1. The van der Waals surface area contributed by atoms with Crippen LogP contribution in [0, 0.1) is 12.8 Å². The first kappa shape index (κ1) is 19.0. The van der Waals surface area contributed by atoms with Gasteiger partial charge in [0.2, 0.25) is 11.8 Å². The summed E-state index contributed by atoms with van der Waals surface area (Å²) in [4.78, 5) is 24.8. The largest absolute Gasteiger partial charge is 0.344 e. The van der Waals surface area contributed by atoms with E-state index >= 15 is 0 Å². The first-order chi connectivity index (χ1) is 11.8. The number of amides is 2. The molecule has 132 valence electrons. The van der Waals surface area contributed by atoms with Crippen molar-refractivity contribution in [2.24, 2.45) is 5.92 Å². The van der Waals surface area contributed by atoms with Crippen LogP contribution >= 0.6 is 11.6 Å². The van der Waals surface area contributed by atoms with Crippen molar-refractivity contribution in [2.45, 2.75) is 33.2 Å². The van der Waals surface area contributed by atoms with Gasteiger partial charge in [-0.05, 0) is 42.7 Å². The molecule has 4 nitrogen and oxygen atoms in total. The number of rotatable bonds is 6. The number of hydrogen-bond donors (Lipinski definition) is 2. The molecule has 2 aromatic carbocycles. The van der Waals surface area contributed by atoms with Gasteiger partial charge in [-0.3, -0.25) is 9.59 Å². The van der Waals surface area contributed by atoms with Crippen LogP contribution in [0.5, 0.6) is 0 Å². The van der Waals surface area contributed by atoms with Crippen molar-refractivity contribution >= 4 is 29.1 Å². The van der Waals surface area contributed by atoms with E-state index in [4.69, 9.17) is 11.6 Å². The lowest BCUT2D eigenvalue weighted by Gasteiger charge is -2.22. The molecule has 2 N–H and O–H groups in total. The highest BCUT2D eigenvalue weighted by Gasteiger charge is 2.24. The Labute approximate surface area is 153 Å². The van der Waals surface area contributed by atoms with E-state index in [1.807, 2.05) is 45.0 Å². The second kappa shape index (κ2) is 8.67. The van der Waals surface area contributed by atoms with Gasteiger partial charge in [0, 0.05) is 10.7 Å². The van der Waals surface area contributed by atoms with E-state index in [0.717, 1.165) is 11.1 Å². The Kier molecular flexibility index (Phi) is 6.59. The van der Waals surface area contributed by atoms with Crippen LogP contribution < -0.4 is 10.6 Å². The van der Waals surface area contributed by atoms with E-state index in [-0.39, 0.29) is 24.2 Å². The summed E-state index contributed by atoms with van der Waals surface area (Å²) in [7, 11) is 0. The molecule has 0 saturated heterocycles. The molecule has 0 fully saturated rings. The number of anilines is 1. The molecule has 0 spiro atoms. The fourth-order valence-corrected chi connectivity index (χ4v) is 2.53. The molecular formula is C20H23ClN2O2. The lowest BCUT2D eigenvalue weighted by Crippen LogP contribution is -2.47. The minimum absolute atomic E-state index is 0.0281. The van der Waals surface area contributed by atoms with E-state index < -0.39 is 6.04 Å². The zero-order chi connectivity index (χ0) is 18.4. The summed E-state index contributed by atoms with van der Waals surface area (Å²) in [5.41, 5.74) is 2.69. The van der Waals surface area contributed by atoms with Crippen LogP contribution in [0.1, 0.15) is 25.0 Å². The predicted molar refractivity (Wildman–Crippen MR) is 102 cm³/mol. The summed E-state index contributed by atoms with van der Waals surface area (Å²) in [5.74, 6) is -0.442. The second-order valence-electron chi connectivity index (χ2n) is 6.45. The molecule has 25 heavy (non-hydrogen) atoms. The molecule has 0 aromatic heterocycles. The zero-order valence-corrected chi connectivity index (χ0v) is 15.4. The van der Waals surface area contributed by atoms with Gasteiger partial charge in [0.25, 0.3) is 0 Å². The van der Waals surface area contributed by atoms with Gasteiger partial charge in [-0.2, -0.15) is 0 Å². The number of carbonyl (C=O) groups excluding carboxylic acids is 2. The van der Waals surface area contributed by atoms with Crippen molar-refractivity contribution in [1.82, 2.24) is 5.32 Å². The molecule has 2 aromatic rings. The van der Waals surface area contributed by atoms with Crippen LogP contribution in [0.2, 0.25) is 5.02 Å².